The van der Waals surface area contributed by atoms with Gasteiger partial charge in [0.05, 0.1) is 0 Å². The van der Waals surface area contributed by atoms with Crippen molar-refractivity contribution in [1.82, 2.24) is 0 Å². The molecule has 0 N–H and O–H groups in total. The summed E-state index contributed by atoms with van der Waals surface area (Å²) in [7, 11) is -2.57. The van der Waals surface area contributed by atoms with Crippen LogP contribution < -0.4 is 0 Å². The second-order valence-electron chi connectivity index (χ2n) is 2.02. The van der Waals surface area contributed by atoms with Crippen LogP contribution in [0.15, 0.2) is 0 Å². The Bertz CT molecular complexity index is 150. The summed E-state index contributed by atoms with van der Waals surface area (Å²) in [5.41, 5.74) is 0. The molecular weight excluding hydrogens is 199 g/mol. The Labute approximate surface area is 62.6 Å². The van der Waals surface area contributed by atoms with Crippen LogP contribution in [-0.2, 0) is 8.10 Å². The van der Waals surface area contributed by atoms with Gasteiger partial charge in [0.1, 0.15) is 0 Å². The zero-order chi connectivity index (χ0) is 7.33. The molecule has 2 nitrogen and oxygen atoms in total. The molecule has 0 bridgehead atoms. The molecule has 0 heterocycles. The van der Waals surface area contributed by atoms with E-state index in [4.69, 9.17) is 0 Å². The van der Waals surface area contributed by atoms with Gasteiger partial charge in [-0.05, 0) is 0 Å². The van der Waals surface area contributed by atoms with Gasteiger partial charge in [0, 0.05) is 0 Å². The van der Waals surface area contributed by atoms with Crippen LogP contribution in [0.4, 0.5) is 0 Å². The summed E-state index contributed by atoms with van der Waals surface area (Å²) in [4.78, 5) is 0. The van der Waals surface area contributed by atoms with Crippen molar-refractivity contribution in [2.45, 2.75) is 25.0 Å². The van der Waals surface area contributed by atoms with Crippen LogP contribution in [0.3, 0.4) is 0 Å². The Morgan fingerprint density at radius 1 is 1.44 bits per heavy atom. The molecule has 0 rings (SSSR count). The summed E-state index contributed by atoms with van der Waals surface area (Å²) >= 11 is -0.675. The number of hydrogen-bond donors (Lipinski definition) is 0. The standard InChI is InChI=1S/C5H13AsO2S/c1-3-4-5-6-9(2,7)8/h6H,3-5H2,1-2H3. The van der Waals surface area contributed by atoms with Crippen molar-refractivity contribution in [2.75, 3.05) is 6.26 Å². The van der Waals surface area contributed by atoms with Gasteiger partial charge < -0.3 is 0 Å². The summed E-state index contributed by atoms with van der Waals surface area (Å²) in [6, 6.07) is 0. The van der Waals surface area contributed by atoms with Gasteiger partial charge in [-0.1, -0.05) is 0 Å². The molecule has 9 heavy (non-hydrogen) atoms. The summed E-state index contributed by atoms with van der Waals surface area (Å²) in [6.07, 6.45) is 3.52. The van der Waals surface area contributed by atoms with E-state index in [0.29, 0.717) is 0 Å². The monoisotopic (exact) mass is 212 g/mol. The summed E-state index contributed by atoms with van der Waals surface area (Å²) in [6.45, 7) is 2.08. The molecule has 0 saturated heterocycles. The van der Waals surface area contributed by atoms with Crippen LogP contribution in [0.1, 0.15) is 19.8 Å². The van der Waals surface area contributed by atoms with E-state index in [2.05, 4.69) is 6.92 Å². The zero-order valence-corrected chi connectivity index (χ0v) is 8.76. The van der Waals surface area contributed by atoms with Crippen LogP contribution in [0.2, 0.25) is 5.21 Å². The number of unbranched alkanes of at least 4 members (excludes halogenated alkanes) is 1. The number of rotatable bonds is 4. The van der Waals surface area contributed by atoms with Crippen LogP contribution in [0, 0.1) is 0 Å². The first-order chi connectivity index (χ1) is 4.06. The van der Waals surface area contributed by atoms with Gasteiger partial charge in [0.25, 0.3) is 0 Å². The predicted octanol–water partition coefficient (Wildman–Crippen LogP) is 0.601. The summed E-state index contributed by atoms with van der Waals surface area (Å²) < 4.78 is 21.1. The summed E-state index contributed by atoms with van der Waals surface area (Å²) in [5, 5.41) is 0.940. The SMILES string of the molecule is CCCC[AsH]S(C)(=O)=O. The molecule has 0 spiro atoms. The molecule has 0 saturated carbocycles. The summed E-state index contributed by atoms with van der Waals surface area (Å²) in [5.74, 6) is 0. The fourth-order valence-electron chi connectivity index (χ4n) is 0.434. The van der Waals surface area contributed by atoms with Crippen LogP contribution in [0.5, 0.6) is 0 Å². The van der Waals surface area contributed by atoms with Crippen molar-refractivity contribution >= 4 is 22.7 Å². The van der Waals surface area contributed by atoms with Crippen molar-refractivity contribution in [3.05, 3.63) is 0 Å². The molecule has 0 aromatic carbocycles. The molecule has 0 fully saturated rings. The molecule has 4 heteroatoms. The van der Waals surface area contributed by atoms with Crippen molar-refractivity contribution in [1.29, 1.82) is 0 Å². The van der Waals surface area contributed by atoms with E-state index in [-0.39, 0.29) is 0 Å². The Hall–Kier alpha value is 0.508. The second kappa shape index (κ2) is 4.34. The molecule has 0 aliphatic heterocycles. The van der Waals surface area contributed by atoms with Gasteiger partial charge in [-0.3, -0.25) is 0 Å². The van der Waals surface area contributed by atoms with Crippen molar-refractivity contribution in [3.8, 4) is 0 Å². The molecular formula is C5H13AsO2S. The fourth-order valence-corrected chi connectivity index (χ4v) is 4.93. The molecule has 0 aromatic rings. The third-order valence-electron chi connectivity index (χ3n) is 0.895. The number of hydrogen-bond acceptors (Lipinski definition) is 2. The predicted molar refractivity (Wildman–Crippen MR) is 41.7 cm³/mol. The van der Waals surface area contributed by atoms with Crippen LogP contribution in [0.25, 0.3) is 0 Å². The van der Waals surface area contributed by atoms with Gasteiger partial charge in [0.15, 0.2) is 0 Å². The zero-order valence-electron chi connectivity index (χ0n) is 5.85. The van der Waals surface area contributed by atoms with Gasteiger partial charge >= 0.3 is 62.3 Å². The van der Waals surface area contributed by atoms with E-state index in [1.165, 1.54) is 6.26 Å². The van der Waals surface area contributed by atoms with E-state index >= 15 is 0 Å². The minimum atomic E-state index is -2.57. The van der Waals surface area contributed by atoms with Gasteiger partial charge in [0.2, 0.25) is 0 Å². The maximum atomic E-state index is 10.6. The Balaban J connectivity index is 3.30. The third-order valence-corrected chi connectivity index (χ3v) is 6.95. The average Bonchev–Trinajstić information content (AvgIpc) is 1.63. The topological polar surface area (TPSA) is 34.1 Å². The quantitative estimate of drug-likeness (QED) is 0.505. The van der Waals surface area contributed by atoms with E-state index in [1.54, 1.807) is 0 Å². The molecule has 0 aliphatic rings. The van der Waals surface area contributed by atoms with Gasteiger partial charge in [-0.15, -0.1) is 0 Å². The van der Waals surface area contributed by atoms with E-state index in [0.717, 1.165) is 18.1 Å². The molecule has 56 valence electrons. The van der Waals surface area contributed by atoms with Gasteiger partial charge in [-0.25, -0.2) is 0 Å². The molecule has 0 aliphatic carbocycles. The van der Waals surface area contributed by atoms with E-state index in [1.807, 2.05) is 0 Å². The fraction of sp³-hybridized carbons (Fsp3) is 1.00. The normalized spacial score (nSPS) is 13.1. The molecule has 1 atom stereocenters. The average molecular weight is 212 g/mol. The van der Waals surface area contributed by atoms with Crippen LogP contribution in [-0.4, -0.2) is 29.3 Å². The van der Waals surface area contributed by atoms with E-state index in [9.17, 15) is 8.42 Å². The molecule has 1 unspecified atom stereocenters. The van der Waals surface area contributed by atoms with Crippen LogP contribution >= 0.6 is 0 Å². The molecule has 0 amide bonds. The second-order valence-corrected chi connectivity index (χ2v) is 11.4. The first-order valence-electron chi connectivity index (χ1n) is 3.01. The van der Waals surface area contributed by atoms with Crippen molar-refractivity contribution in [2.24, 2.45) is 0 Å². The first kappa shape index (κ1) is 9.51. The minimum absolute atomic E-state index is 0.675. The molecule has 0 aromatic heterocycles. The van der Waals surface area contributed by atoms with E-state index < -0.39 is 22.7 Å². The Morgan fingerprint density at radius 2 is 2.00 bits per heavy atom. The maximum absolute atomic E-state index is 10.6. The van der Waals surface area contributed by atoms with Crippen molar-refractivity contribution < 1.29 is 8.42 Å². The van der Waals surface area contributed by atoms with Gasteiger partial charge in [-0.2, -0.15) is 0 Å². The Morgan fingerprint density at radius 3 is 2.33 bits per heavy atom. The Kier molecular flexibility index (Phi) is 4.59. The molecule has 0 radical (unpaired) electrons. The third kappa shape index (κ3) is 8.51. The first-order valence-corrected chi connectivity index (χ1v) is 8.95. The van der Waals surface area contributed by atoms with Crippen molar-refractivity contribution in [3.63, 3.8) is 0 Å².